The van der Waals surface area contributed by atoms with Gasteiger partial charge in [-0.05, 0) is 44.5 Å². The van der Waals surface area contributed by atoms with Crippen LogP contribution in [0.1, 0.15) is 18.4 Å². The molecule has 0 spiro atoms. The lowest BCUT2D eigenvalue weighted by molar-refractivity contribution is 0.359. The molecule has 1 aromatic rings. The second-order valence-corrected chi connectivity index (χ2v) is 4.43. The normalized spacial score (nSPS) is 20.9. The van der Waals surface area contributed by atoms with E-state index in [1.165, 1.54) is 18.9 Å². The van der Waals surface area contributed by atoms with E-state index >= 15 is 0 Å². The molecule has 1 aromatic carbocycles. The molecule has 3 heteroatoms. The van der Waals surface area contributed by atoms with Gasteiger partial charge in [-0.25, -0.2) is 4.39 Å². The standard InChI is InChI=1S/C13H19FN2/c14-13-6-2-1-5-12(13)10-16-9-11-4-3-7-15-8-11/h1-2,5-6,11,15-16H,3-4,7-10H2/t11-/m1/s1. The van der Waals surface area contributed by atoms with E-state index in [-0.39, 0.29) is 5.82 Å². The molecule has 1 fully saturated rings. The van der Waals surface area contributed by atoms with Gasteiger partial charge in [-0.2, -0.15) is 0 Å². The highest BCUT2D eigenvalue weighted by Gasteiger charge is 2.12. The molecule has 2 rings (SSSR count). The van der Waals surface area contributed by atoms with Crippen LogP contribution >= 0.6 is 0 Å². The van der Waals surface area contributed by atoms with Gasteiger partial charge in [0.1, 0.15) is 5.82 Å². The van der Waals surface area contributed by atoms with Crippen LogP contribution < -0.4 is 10.6 Å². The van der Waals surface area contributed by atoms with Gasteiger partial charge < -0.3 is 10.6 Å². The molecular weight excluding hydrogens is 203 g/mol. The minimum Gasteiger partial charge on any atom is -0.316 e. The fourth-order valence-corrected chi connectivity index (χ4v) is 2.15. The van der Waals surface area contributed by atoms with Gasteiger partial charge in [-0.1, -0.05) is 18.2 Å². The fourth-order valence-electron chi connectivity index (χ4n) is 2.15. The summed E-state index contributed by atoms with van der Waals surface area (Å²) < 4.78 is 13.3. The molecule has 1 atom stereocenters. The Morgan fingerprint density at radius 3 is 3.00 bits per heavy atom. The van der Waals surface area contributed by atoms with Crippen molar-refractivity contribution in [1.82, 2.24) is 10.6 Å². The zero-order chi connectivity index (χ0) is 11.2. The minimum absolute atomic E-state index is 0.114. The van der Waals surface area contributed by atoms with Crippen LogP contribution in [0.15, 0.2) is 24.3 Å². The van der Waals surface area contributed by atoms with Gasteiger partial charge in [-0.15, -0.1) is 0 Å². The van der Waals surface area contributed by atoms with Gasteiger partial charge in [0.05, 0.1) is 0 Å². The SMILES string of the molecule is Fc1ccccc1CNC[C@@H]1CCCNC1. The van der Waals surface area contributed by atoms with Crippen LogP contribution in [0.5, 0.6) is 0 Å². The molecule has 16 heavy (non-hydrogen) atoms. The van der Waals surface area contributed by atoms with Gasteiger partial charge in [0.25, 0.3) is 0 Å². The predicted octanol–water partition coefficient (Wildman–Crippen LogP) is 1.91. The van der Waals surface area contributed by atoms with E-state index in [2.05, 4.69) is 10.6 Å². The summed E-state index contributed by atoms with van der Waals surface area (Å²) in [6.07, 6.45) is 2.53. The first-order chi connectivity index (χ1) is 7.86. The van der Waals surface area contributed by atoms with Crippen molar-refractivity contribution in [2.75, 3.05) is 19.6 Å². The number of hydrogen-bond acceptors (Lipinski definition) is 2. The summed E-state index contributed by atoms with van der Waals surface area (Å²) >= 11 is 0. The second kappa shape index (κ2) is 5.97. The van der Waals surface area contributed by atoms with Crippen molar-refractivity contribution in [3.8, 4) is 0 Å². The lowest BCUT2D eigenvalue weighted by Gasteiger charge is -2.23. The number of nitrogens with one attached hydrogen (secondary N) is 2. The van der Waals surface area contributed by atoms with Crippen LogP contribution in [0.4, 0.5) is 4.39 Å². The van der Waals surface area contributed by atoms with Crippen molar-refractivity contribution in [3.05, 3.63) is 35.6 Å². The summed E-state index contributed by atoms with van der Waals surface area (Å²) in [7, 11) is 0. The molecule has 1 heterocycles. The first-order valence-electron chi connectivity index (χ1n) is 6.01. The Balaban J connectivity index is 1.73. The van der Waals surface area contributed by atoms with Crippen LogP contribution in [-0.2, 0) is 6.54 Å². The third-order valence-electron chi connectivity index (χ3n) is 3.11. The van der Waals surface area contributed by atoms with Crippen molar-refractivity contribution in [2.45, 2.75) is 19.4 Å². The summed E-state index contributed by atoms with van der Waals surface area (Å²) in [6.45, 7) is 3.83. The first-order valence-corrected chi connectivity index (χ1v) is 6.01. The third-order valence-corrected chi connectivity index (χ3v) is 3.11. The molecule has 1 saturated heterocycles. The maximum absolute atomic E-state index is 13.3. The monoisotopic (exact) mass is 222 g/mol. The lowest BCUT2D eigenvalue weighted by atomic mass is 10.00. The molecule has 2 N–H and O–H groups in total. The Labute approximate surface area is 96.2 Å². The maximum atomic E-state index is 13.3. The average Bonchev–Trinajstić information content (AvgIpc) is 2.33. The summed E-state index contributed by atoms with van der Waals surface area (Å²) in [5.74, 6) is 0.581. The zero-order valence-electron chi connectivity index (χ0n) is 9.51. The van der Waals surface area contributed by atoms with E-state index in [0.29, 0.717) is 12.5 Å². The van der Waals surface area contributed by atoms with Crippen molar-refractivity contribution in [1.29, 1.82) is 0 Å². The van der Waals surface area contributed by atoms with Gasteiger partial charge in [0.2, 0.25) is 0 Å². The van der Waals surface area contributed by atoms with E-state index in [1.807, 2.05) is 12.1 Å². The first kappa shape index (κ1) is 11.6. The van der Waals surface area contributed by atoms with E-state index in [9.17, 15) is 4.39 Å². The smallest absolute Gasteiger partial charge is 0.127 e. The number of halogens is 1. The van der Waals surface area contributed by atoms with Gasteiger partial charge in [-0.3, -0.25) is 0 Å². The lowest BCUT2D eigenvalue weighted by Crippen LogP contribution is -2.35. The Morgan fingerprint density at radius 2 is 2.25 bits per heavy atom. The molecule has 0 saturated carbocycles. The minimum atomic E-state index is -0.114. The van der Waals surface area contributed by atoms with Crippen LogP contribution in [0.25, 0.3) is 0 Å². The zero-order valence-corrected chi connectivity index (χ0v) is 9.51. The van der Waals surface area contributed by atoms with Gasteiger partial charge >= 0.3 is 0 Å². The number of benzene rings is 1. The second-order valence-electron chi connectivity index (χ2n) is 4.43. The number of hydrogen-bond donors (Lipinski definition) is 2. The van der Waals surface area contributed by atoms with E-state index in [1.54, 1.807) is 6.07 Å². The highest BCUT2D eigenvalue weighted by Crippen LogP contribution is 2.09. The number of piperidine rings is 1. The van der Waals surface area contributed by atoms with E-state index in [0.717, 1.165) is 25.2 Å². The van der Waals surface area contributed by atoms with Crippen molar-refractivity contribution < 1.29 is 4.39 Å². The van der Waals surface area contributed by atoms with Gasteiger partial charge in [0.15, 0.2) is 0 Å². The van der Waals surface area contributed by atoms with Crippen molar-refractivity contribution >= 4 is 0 Å². The molecular formula is C13H19FN2. The summed E-state index contributed by atoms with van der Waals surface area (Å²) in [6, 6.07) is 6.95. The summed E-state index contributed by atoms with van der Waals surface area (Å²) in [5.41, 5.74) is 0.756. The Hall–Kier alpha value is -0.930. The Kier molecular flexibility index (Phi) is 4.31. The maximum Gasteiger partial charge on any atom is 0.127 e. The topological polar surface area (TPSA) is 24.1 Å². The molecule has 0 bridgehead atoms. The quantitative estimate of drug-likeness (QED) is 0.813. The van der Waals surface area contributed by atoms with E-state index < -0.39 is 0 Å². The van der Waals surface area contributed by atoms with Crippen LogP contribution in [0, 0.1) is 11.7 Å². The molecule has 0 radical (unpaired) electrons. The highest BCUT2D eigenvalue weighted by atomic mass is 19.1. The highest BCUT2D eigenvalue weighted by molar-refractivity contribution is 5.16. The van der Waals surface area contributed by atoms with Crippen LogP contribution in [-0.4, -0.2) is 19.6 Å². The predicted molar refractivity (Wildman–Crippen MR) is 63.7 cm³/mol. The van der Waals surface area contributed by atoms with Crippen LogP contribution in [0.3, 0.4) is 0 Å². The van der Waals surface area contributed by atoms with Gasteiger partial charge in [0, 0.05) is 12.1 Å². The summed E-state index contributed by atoms with van der Waals surface area (Å²) in [5, 5.41) is 6.71. The number of rotatable bonds is 4. The van der Waals surface area contributed by atoms with Crippen LogP contribution in [0.2, 0.25) is 0 Å². The summed E-state index contributed by atoms with van der Waals surface area (Å²) in [4.78, 5) is 0. The van der Waals surface area contributed by atoms with Crippen molar-refractivity contribution in [2.24, 2.45) is 5.92 Å². The molecule has 1 aliphatic rings. The molecule has 88 valence electrons. The average molecular weight is 222 g/mol. The Bertz CT molecular complexity index is 321. The third kappa shape index (κ3) is 3.29. The molecule has 0 aliphatic carbocycles. The molecule has 0 aromatic heterocycles. The molecule has 0 amide bonds. The Morgan fingerprint density at radius 1 is 1.38 bits per heavy atom. The largest absolute Gasteiger partial charge is 0.316 e. The fraction of sp³-hybridized carbons (Fsp3) is 0.538. The van der Waals surface area contributed by atoms with E-state index in [4.69, 9.17) is 0 Å². The van der Waals surface area contributed by atoms with Crippen molar-refractivity contribution in [3.63, 3.8) is 0 Å². The molecule has 0 unspecified atom stereocenters. The molecule has 1 aliphatic heterocycles. The molecule has 2 nitrogen and oxygen atoms in total.